The topological polar surface area (TPSA) is 17.1 Å². The Hall–Kier alpha value is -0.330. The molecule has 0 spiro atoms. The fourth-order valence-corrected chi connectivity index (χ4v) is 0.638. The van der Waals surface area contributed by atoms with Crippen LogP contribution in [0.1, 0.15) is 49.0 Å². The van der Waals surface area contributed by atoms with Crippen molar-refractivity contribution in [1.29, 1.82) is 0 Å². The molecule has 0 N–H and O–H groups in total. The molecule has 0 aromatic heterocycles. The van der Waals surface area contributed by atoms with Gasteiger partial charge in [-0.25, -0.2) is 0 Å². The van der Waals surface area contributed by atoms with Gasteiger partial charge in [0, 0.05) is 12.3 Å². The van der Waals surface area contributed by atoms with E-state index in [9.17, 15) is 4.79 Å². The van der Waals surface area contributed by atoms with Gasteiger partial charge in [-0.2, -0.15) is 0 Å². The van der Waals surface area contributed by atoms with E-state index in [1.807, 2.05) is 13.8 Å². The maximum absolute atomic E-state index is 11.0. The van der Waals surface area contributed by atoms with Crippen molar-refractivity contribution in [1.82, 2.24) is 0 Å². The number of Topliss-reactive ketones (excluding diaryl/α,β-unsaturated/α-hetero) is 1. The summed E-state index contributed by atoms with van der Waals surface area (Å²) in [5.74, 6) is 1.11. The maximum atomic E-state index is 11.0. The van der Waals surface area contributed by atoms with E-state index in [0.717, 1.165) is 6.42 Å². The molecule has 0 unspecified atom stereocenters. The lowest BCUT2D eigenvalue weighted by molar-refractivity contribution is -0.122. The van der Waals surface area contributed by atoms with Crippen LogP contribution in [0, 0.1) is 11.8 Å². The van der Waals surface area contributed by atoms with E-state index in [1.54, 1.807) is 0 Å². The molecule has 0 radical (unpaired) electrons. The van der Waals surface area contributed by atoms with Gasteiger partial charge in [0.05, 0.1) is 0 Å². The molecule has 0 aliphatic rings. The number of rotatable bonds is 3. The summed E-state index contributed by atoms with van der Waals surface area (Å²) in [5.41, 5.74) is 0. The van der Waals surface area contributed by atoms with Gasteiger partial charge in [-0.3, -0.25) is 4.79 Å². The summed E-state index contributed by atoms with van der Waals surface area (Å²) in [6, 6.07) is 0. The van der Waals surface area contributed by atoms with Gasteiger partial charge in [0.2, 0.25) is 0 Å². The van der Waals surface area contributed by atoms with E-state index in [1.165, 1.54) is 0 Å². The molecule has 0 aliphatic carbocycles. The molecular weight excluding hydrogens is 136 g/mol. The summed E-state index contributed by atoms with van der Waals surface area (Å²) in [6.07, 6.45) is 0.734. The van der Waals surface area contributed by atoms with Crippen LogP contribution in [0.15, 0.2) is 0 Å². The number of hydrogen-bond acceptors (Lipinski definition) is 1. The molecule has 1 nitrogen and oxygen atoms in total. The van der Waals surface area contributed by atoms with Crippen LogP contribution in [0.4, 0.5) is 0 Å². The van der Waals surface area contributed by atoms with E-state index < -0.39 is 0 Å². The standard InChI is InChI=1S/C8H16O.2CH4/c1-6(2)5-8(9)7(3)4;;/h6-7H,5H2,1-4H3;2*1H4. The Balaban J connectivity index is -0.000000320. The van der Waals surface area contributed by atoms with E-state index in [0.29, 0.717) is 11.7 Å². The van der Waals surface area contributed by atoms with Crippen molar-refractivity contribution in [2.24, 2.45) is 11.8 Å². The van der Waals surface area contributed by atoms with Crippen molar-refractivity contribution in [3.63, 3.8) is 0 Å². The molecule has 0 bridgehead atoms. The molecule has 11 heavy (non-hydrogen) atoms. The SMILES string of the molecule is C.C.CC(C)CC(=O)C(C)C. The second-order valence-electron chi connectivity index (χ2n) is 3.22. The lowest BCUT2D eigenvalue weighted by Gasteiger charge is -2.05. The number of carbonyl (C=O) groups is 1. The highest BCUT2D eigenvalue weighted by Gasteiger charge is 2.07. The van der Waals surface area contributed by atoms with E-state index >= 15 is 0 Å². The Morgan fingerprint density at radius 1 is 1.09 bits per heavy atom. The molecule has 1 heteroatoms. The van der Waals surface area contributed by atoms with Crippen molar-refractivity contribution in [3.8, 4) is 0 Å². The van der Waals surface area contributed by atoms with Crippen LogP contribution in [0.25, 0.3) is 0 Å². The van der Waals surface area contributed by atoms with Crippen molar-refractivity contribution in [2.75, 3.05) is 0 Å². The summed E-state index contributed by atoms with van der Waals surface area (Å²) in [4.78, 5) is 11.0. The van der Waals surface area contributed by atoms with Gasteiger partial charge in [-0.05, 0) is 5.92 Å². The van der Waals surface area contributed by atoms with Gasteiger partial charge in [0.1, 0.15) is 5.78 Å². The molecule has 0 saturated carbocycles. The van der Waals surface area contributed by atoms with Crippen molar-refractivity contribution in [3.05, 3.63) is 0 Å². The minimum Gasteiger partial charge on any atom is -0.299 e. The second-order valence-corrected chi connectivity index (χ2v) is 3.22. The molecule has 0 fully saturated rings. The molecule has 0 rings (SSSR count). The quantitative estimate of drug-likeness (QED) is 0.617. The third-order valence-corrected chi connectivity index (χ3v) is 1.25. The summed E-state index contributed by atoms with van der Waals surface area (Å²) >= 11 is 0. The van der Waals surface area contributed by atoms with Crippen molar-refractivity contribution < 1.29 is 4.79 Å². The number of carbonyl (C=O) groups excluding carboxylic acids is 1. The van der Waals surface area contributed by atoms with Crippen LogP contribution >= 0.6 is 0 Å². The van der Waals surface area contributed by atoms with Crippen LogP contribution in [0.3, 0.4) is 0 Å². The monoisotopic (exact) mass is 160 g/mol. The van der Waals surface area contributed by atoms with Gasteiger partial charge >= 0.3 is 0 Å². The lowest BCUT2D eigenvalue weighted by Crippen LogP contribution is -2.09. The van der Waals surface area contributed by atoms with E-state index in [-0.39, 0.29) is 20.8 Å². The zero-order valence-corrected chi connectivity index (χ0v) is 6.77. The van der Waals surface area contributed by atoms with Gasteiger partial charge in [-0.15, -0.1) is 0 Å². The second kappa shape index (κ2) is 7.77. The molecular formula is C10H24O. The zero-order valence-electron chi connectivity index (χ0n) is 6.77. The third kappa shape index (κ3) is 9.67. The smallest absolute Gasteiger partial charge is 0.135 e. The Morgan fingerprint density at radius 2 is 1.45 bits per heavy atom. The molecule has 0 atom stereocenters. The van der Waals surface area contributed by atoms with Crippen LogP contribution in [-0.4, -0.2) is 5.78 Å². The summed E-state index contributed by atoms with van der Waals surface area (Å²) in [5, 5.41) is 0. The largest absolute Gasteiger partial charge is 0.299 e. The highest BCUT2D eigenvalue weighted by molar-refractivity contribution is 5.80. The predicted octanol–water partition coefficient (Wildman–Crippen LogP) is 3.53. The number of ketones is 1. The highest BCUT2D eigenvalue weighted by atomic mass is 16.1. The molecule has 0 aromatic rings. The fraction of sp³-hybridized carbons (Fsp3) is 0.900. The van der Waals surface area contributed by atoms with E-state index in [2.05, 4.69) is 13.8 Å². The molecule has 0 aliphatic heterocycles. The van der Waals surface area contributed by atoms with Crippen LogP contribution in [0.2, 0.25) is 0 Å². The van der Waals surface area contributed by atoms with Crippen molar-refractivity contribution >= 4 is 5.78 Å². The minimum absolute atomic E-state index is 0. The highest BCUT2D eigenvalue weighted by Crippen LogP contribution is 2.06. The molecule has 70 valence electrons. The first kappa shape index (κ1) is 17.0. The number of hydrogen-bond donors (Lipinski definition) is 0. The molecule has 0 amide bonds. The Morgan fingerprint density at radius 3 is 1.55 bits per heavy atom. The van der Waals surface area contributed by atoms with Gasteiger partial charge in [0.25, 0.3) is 0 Å². The van der Waals surface area contributed by atoms with Gasteiger partial charge in [-0.1, -0.05) is 42.5 Å². The molecule has 0 heterocycles. The molecule has 0 saturated heterocycles. The summed E-state index contributed by atoms with van der Waals surface area (Å²) in [6.45, 7) is 8.04. The predicted molar refractivity (Wildman–Crippen MR) is 52.8 cm³/mol. The van der Waals surface area contributed by atoms with Crippen molar-refractivity contribution in [2.45, 2.75) is 49.0 Å². The fourth-order valence-electron chi connectivity index (χ4n) is 0.638. The Bertz CT molecular complexity index is 93.0. The average Bonchev–Trinajstić information content (AvgIpc) is 1.63. The first-order valence-electron chi connectivity index (χ1n) is 3.56. The first-order chi connectivity index (χ1) is 4.04. The van der Waals surface area contributed by atoms with Crippen LogP contribution in [0.5, 0.6) is 0 Å². The Labute approximate surface area is 72.2 Å². The molecule has 0 aromatic carbocycles. The zero-order chi connectivity index (χ0) is 7.44. The average molecular weight is 160 g/mol. The van der Waals surface area contributed by atoms with Gasteiger partial charge < -0.3 is 0 Å². The van der Waals surface area contributed by atoms with Crippen LogP contribution < -0.4 is 0 Å². The van der Waals surface area contributed by atoms with Crippen LogP contribution in [-0.2, 0) is 4.79 Å². The third-order valence-electron chi connectivity index (χ3n) is 1.25. The first-order valence-corrected chi connectivity index (χ1v) is 3.56. The lowest BCUT2D eigenvalue weighted by atomic mass is 9.99. The maximum Gasteiger partial charge on any atom is 0.135 e. The Kier molecular flexibility index (Phi) is 12.0. The summed E-state index contributed by atoms with van der Waals surface area (Å²) in [7, 11) is 0. The van der Waals surface area contributed by atoms with E-state index in [4.69, 9.17) is 0 Å². The van der Waals surface area contributed by atoms with Gasteiger partial charge in [0.15, 0.2) is 0 Å². The summed E-state index contributed by atoms with van der Waals surface area (Å²) < 4.78 is 0. The minimum atomic E-state index is 0. The normalized spacial score (nSPS) is 8.91.